The van der Waals surface area contributed by atoms with Gasteiger partial charge in [-0.2, -0.15) is 0 Å². The molecule has 0 bridgehead atoms. The quantitative estimate of drug-likeness (QED) is 0.631. The first-order valence-electron chi connectivity index (χ1n) is 9.32. The molecular weight excluding hydrogens is 268 g/mol. The van der Waals surface area contributed by atoms with Crippen LogP contribution in [0.25, 0.3) is 0 Å². The lowest BCUT2D eigenvalue weighted by Crippen LogP contribution is -2.34. The number of likely N-dealkylation sites (tertiary alicyclic amines) is 1. The van der Waals surface area contributed by atoms with Gasteiger partial charge in [-0.3, -0.25) is 4.90 Å². The van der Waals surface area contributed by atoms with E-state index in [-0.39, 0.29) is 0 Å². The van der Waals surface area contributed by atoms with Gasteiger partial charge in [-0.25, -0.2) is 0 Å². The summed E-state index contributed by atoms with van der Waals surface area (Å²) in [5.74, 6) is 0. The molecule has 0 saturated carbocycles. The molecule has 0 aliphatic carbocycles. The maximum atomic E-state index is 3.71. The van der Waals surface area contributed by atoms with Gasteiger partial charge in [0, 0.05) is 12.6 Å². The number of hydrogen-bond donors (Lipinski definition) is 1. The molecule has 1 unspecified atom stereocenters. The van der Waals surface area contributed by atoms with Crippen molar-refractivity contribution in [2.24, 2.45) is 0 Å². The second-order valence-electron chi connectivity index (χ2n) is 6.79. The normalized spacial score (nSPS) is 17.0. The maximum absolute atomic E-state index is 3.71. The molecule has 22 heavy (non-hydrogen) atoms. The number of benzene rings is 1. The van der Waals surface area contributed by atoms with Crippen molar-refractivity contribution in [3.63, 3.8) is 0 Å². The van der Waals surface area contributed by atoms with E-state index in [1.54, 1.807) is 0 Å². The van der Waals surface area contributed by atoms with Gasteiger partial charge in [0.2, 0.25) is 0 Å². The van der Waals surface area contributed by atoms with Gasteiger partial charge in [0.25, 0.3) is 0 Å². The summed E-state index contributed by atoms with van der Waals surface area (Å²) in [6, 6.07) is 9.70. The van der Waals surface area contributed by atoms with E-state index in [1.165, 1.54) is 75.7 Å². The third-order valence-corrected chi connectivity index (χ3v) is 4.84. The Bertz CT molecular complexity index is 393. The van der Waals surface area contributed by atoms with Crippen molar-refractivity contribution in [1.29, 1.82) is 0 Å². The Morgan fingerprint density at radius 1 is 1.00 bits per heavy atom. The van der Waals surface area contributed by atoms with Crippen molar-refractivity contribution in [2.45, 2.75) is 64.8 Å². The average Bonchev–Trinajstić information content (AvgIpc) is 3.05. The van der Waals surface area contributed by atoms with Crippen LogP contribution >= 0.6 is 0 Å². The van der Waals surface area contributed by atoms with Crippen molar-refractivity contribution < 1.29 is 0 Å². The smallest absolute Gasteiger partial charge is 0.0472 e. The topological polar surface area (TPSA) is 15.3 Å². The van der Waals surface area contributed by atoms with Crippen LogP contribution in [0.3, 0.4) is 0 Å². The SMILES string of the molecule is CCCCCCCNCC(c1ccc(C)cc1)N1CCCC1. The first-order valence-corrected chi connectivity index (χ1v) is 9.32. The van der Waals surface area contributed by atoms with Crippen molar-refractivity contribution in [1.82, 2.24) is 10.2 Å². The molecule has 0 radical (unpaired) electrons. The Hall–Kier alpha value is -0.860. The van der Waals surface area contributed by atoms with E-state index < -0.39 is 0 Å². The van der Waals surface area contributed by atoms with E-state index in [0.29, 0.717) is 6.04 Å². The van der Waals surface area contributed by atoms with E-state index in [1.807, 2.05) is 0 Å². The standard InChI is InChI=1S/C20H34N2/c1-3-4-5-6-7-14-21-17-20(22-15-8-9-16-22)19-12-10-18(2)11-13-19/h10-13,20-21H,3-9,14-17H2,1-2H3. The monoisotopic (exact) mass is 302 g/mol. The lowest BCUT2D eigenvalue weighted by Gasteiger charge is -2.28. The molecular formula is C20H34N2. The Morgan fingerprint density at radius 2 is 1.68 bits per heavy atom. The number of unbranched alkanes of at least 4 members (excludes halogenated alkanes) is 4. The number of aryl methyl sites for hydroxylation is 1. The molecule has 1 aromatic rings. The zero-order chi connectivity index (χ0) is 15.6. The van der Waals surface area contributed by atoms with E-state index >= 15 is 0 Å². The highest BCUT2D eigenvalue weighted by atomic mass is 15.2. The summed E-state index contributed by atoms with van der Waals surface area (Å²) in [5, 5.41) is 3.71. The van der Waals surface area contributed by atoms with Crippen LogP contribution in [0.4, 0.5) is 0 Å². The number of hydrogen-bond acceptors (Lipinski definition) is 2. The highest BCUT2D eigenvalue weighted by Crippen LogP contribution is 2.24. The van der Waals surface area contributed by atoms with Gasteiger partial charge < -0.3 is 5.32 Å². The molecule has 0 aromatic heterocycles. The van der Waals surface area contributed by atoms with E-state index in [2.05, 4.69) is 48.3 Å². The fourth-order valence-corrected chi connectivity index (χ4v) is 3.39. The fourth-order valence-electron chi connectivity index (χ4n) is 3.39. The zero-order valence-electron chi connectivity index (χ0n) is 14.6. The van der Waals surface area contributed by atoms with Crippen LogP contribution < -0.4 is 5.32 Å². The highest BCUT2D eigenvalue weighted by Gasteiger charge is 2.22. The van der Waals surface area contributed by atoms with Gasteiger partial charge >= 0.3 is 0 Å². The van der Waals surface area contributed by atoms with Crippen LogP contribution in [0.15, 0.2) is 24.3 Å². The van der Waals surface area contributed by atoms with Gasteiger partial charge in [-0.1, -0.05) is 62.4 Å². The predicted molar refractivity (Wildman–Crippen MR) is 96.4 cm³/mol. The lowest BCUT2D eigenvalue weighted by atomic mass is 10.0. The van der Waals surface area contributed by atoms with E-state index in [9.17, 15) is 0 Å². The second kappa shape index (κ2) is 10.0. The van der Waals surface area contributed by atoms with Gasteiger partial charge in [-0.05, 0) is 51.4 Å². The summed E-state index contributed by atoms with van der Waals surface area (Å²) in [6.07, 6.45) is 9.53. The molecule has 124 valence electrons. The molecule has 2 rings (SSSR count). The van der Waals surface area contributed by atoms with Crippen LogP contribution in [-0.2, 0) is 0 Å². The fraction of sp³-hybridized carbons (Fsp3) is 0.700. The van der Waals surface area contributed by atoms with E-state index in [0.717, 1.165) is 6.54 Å². The lowest BCUT2D eigenvalue weighted by molar-refractivity contribution is 0.238. The molecule has 2 heteroatoms. The maximum Gasteiger partial charge on any atom is 0.0472 e. The van der Waals surface area contributed by atoms with Gasteiger partial charge in [0.15, 0.2) is 0 Å². The summed E-state index contributed by atoms with van der Waals surface area (Å²) < 4.78 is 0. The van der Waals surface area contributed by atoms with Crippen LogP contribution in [0.2, 0.25) is 0 Å². The summed E-state index contributed by atoms with van der Waals surface area (Å²) in [7, 11) is 0. The minimum Gasteiger partial charge on any atom is -0.315 e. The second-order valence-corrected chi connectivity index (χ2v) is 6.79. The zero-order valence-corrected chi connectivity index (χ0v) is 14.6. The number of nitrogens with zero attached hydrogens (tertiary/aromatic N) is 1. The molecule has 1 aliphatic heterocycles. The van der Waals surface area contributed by atoms with Gasteiger partial charge in [-0.15, -0.1) is 0 Å². The summed E-state index contributed by atoms with van der Waals surface area (Å²) in [4.78, 5) is 2.66. The van der Waals surface area contributed by atoms with Gasteiger partial charge in [0.05, 0.1) is 0 Å². The Kier molecular flexibility index (Phi) is 7.96. The van der Waals surface area contributed by atoms with Crippen LogP contribution in [0, 0.1) is 6.92 Å². The van der Waals surface area contributed by atoms with Crippen molar-refractivity contribution in [3.8, 4) is 0 Å². The Labute approximate surface area is 137 Å². The molecule has 2 nitrogen and oxygen atoms in total. The predicted octanol–water partition coefficient (Wildman–Crippen LogP) is 4.69. The third kappa shape index (κ3) is 5.73. The number of nitrogens with one attached hydrogen (secondary N) is 1. The molecule has 1 N–H and O–H groups in total. The highest BCUT2D eigenvalue weighted by molar-refractivity contribution is 5.24. The third-order valence-electron chi connectivity index (χ3n) is 4.84. The largest absolute Gasteiger partial charge is 0.315 e. The molecule has 1 aromatic carbocycles. The first-order chi connectivity index (χ1) is 10.8. The Balaban J connectivity index is 1.79. The molecule has 1 heterocycles. The molecule has 1 saturated heterocycles. The van der Waals surface area contributed by atoms with Crippen molar-refractivity contribution >= 4 is 0 Å². The van der Waals surface area contributed by atoms with Crippen LogP contribution in [-0.4, -0.2) is 31.1 Å². The first kappa shape index (κ1) is 17.5. The van der Waals surface area contributed by atoms with Crippen molar-refractivity contribution in [2.75, 3.05) is 26.2 Å². The van der Waals surface area contributed by atoms with Crippen molar-refractivity contribution in [3.05, 3.63) is 35.4 Å². The minimum absolute atomic E-state index is 0.554. The summed E-state index contributed by atoms with van der Waals surface area (Å²) >= 11 is 0. The molecule has 0 spiro atoms. The summed E-state index contributed by atoms with van der Waals surface area (Å²) in [6.45, 7) is 9.23. The molecule has 1 atom stereocenters. The molecule has 1 aliphatic rings. The average molecular weight is 303 g/mol. The summed E-state index contributed by atoms with van der Waals surface area (Å²) in [5.41, 5.74) is 2.83. The Morgan fingerprint density at radius 3 is 2.36 bits per heavy atom. The van der Waals surface area contributed by atoms with Crippen LogP contribution in [0.1, 0.15) is 69.0 Å². The molecule has 0 amide bonds. The minimum atomic E-state index is 0.554. The van der Waals surface area contributed by atoms with E-state index in [4.69, 9.17) is 0 Å². The number of rotatable bonds is 10. The molecule has 1 fully saturated rings. The van der Waals surface area contributed by atoms with Gasteiger partial charge in [0.1, 0.15) is 0 Å². The van der Waals surface area contributed by atoms with Crippen LogP contribution in [0.5, 0.6) is 0 Å².